The number of carbonyl (C=O) groups is 1. The van der Waals surface area contributed by atoms with Gasteiger partial charge in [-0.25, -0.2) is 0 Å². The van der Waals surface area contributed by atoms with Crippen molar-refractivity contribution in [3.63, 3.8) is 0 Å². The van der Waals surface area contributed by atoms with E-state index in [1.807, 2.05) is 48.0 Å². The average Bonchev–Trinajstić information content (AvgIpc) is 2.36. The zero-order valence-corrected chi connectivity index (χ0v) is 12.8. The quantitative estimate of drug-likeness (QED) is 0.922. The van der Waals surface area contributed by atoms with E-state index in [9.17, 15) is 4.79 Å². The van der Waals surface area contributed by atoms with E-state index < -0.39 is 0 Å². The molecule has 0 bridgehead atoms. The van der Waals surface area contributed by atoms with E-state index in [-0.39, 0.29) is 24.6 Å². The van der Waals surface area contributed by atoms with E-state index in [0.29, 0.717) is 6.42 Å². The first-order valence-electron chi connectivity index (χ1n) is 6.45. The van der Waals surface area contributed by atoms with Crippen LogP contribution in [0.25, 0.3) is 0 Å². The Bertz CT molecular complexity index is 467. The summed E-state index contributed by atoms with van der Waals surface area (Å²) < 4.78 is 0.919. The molecule has 1 heterocycles. The van der Waals surface area contributed by atoms with Gasteiger partial charge in [0.05, 0.1) is 11.7 Å². The summed E-state index contributed by atoms with van der Waals surface area (Å²) in [7, 11) is 1.94. The second-order valence-corrected chi connectivity index (χ2v) is 5.83. The molecule has 19 heavy (non-hydrogen) atoms. The summed E-state index contributed by atoms with van der Waals surface area (Å²) in [6.45, 7) is 2.87. The molecule has 2 atom stereocenters. The molecule has 1 fully saturated rings. The Morgan fingerprint density at radius 3 is 2.74 bits per heavy atom. The van der Waals surface area contributed by atoms with Gasteiger partial charge in [-0.05, 0) is 48.5 Å². The van der Waals surface area contributed by atoms with Gasteiger partial charge in [-0.1, -0.05) is 12.1 Å². The minimum atomic E-state index is -0.242. The fourth-order valence-electron chi connectivity index (χ4n) is 2.66. The molecule has 1 N–H and O–H groups in total. The smallest absolute Gasteiger partial charge is 0.244 e. The predicted molar refractivity (Wildman–Crippen MR) is 79.2 cm³/mol. The molecular formula is C14H19BrN2O2. The second kappa shape index (κ2) is 6.03. The predicted octanol–water partition coefficient (Wildman–Crippen LogP) is 1.87. The molecule has 1 amide bonds. The largest absolute Gasteiger partial charge is 0.396 e. The maximum atomic E-state index is 12.6. The minimum absolute atomic E-state index is 0.0267. The Morgan fingerprint density at radius 2 is 2.11 bits per heavy atom. The van der Waals surface area contributed by atoms with Gasteiger partial charge < -0.3 is 10.0 Å². The standard InChI is InChI=1S/C14H19BrN2O2/c1-10-9-16(2)13(7-8-18)14(19)17(10)12-6-4-3-5-11(12)15/h3-6,10,13,18H,7-9H2,1-2H3. The fraction of sp³-hybridized carbons (Fsp3) is 0.500. The van der Waals surface area contributed by atoms with Crippen LogP contribution >= 0.6 is 15.9 Å². The number of benzene rings is 1. The molecule has 1 saturated heterocycles. The first kappa shape index (κ1) is 14.5. The number of aliphatic hydroxyl groups is 1. The van der Waals surface area contributed by atoms with E-state index >= 15 is 0 Å². The molecule has 0 aromatic heterocycles. The van der Waals surface area contributed by atoms with Crippen molar-refractivity contribution >= 4 is 27.5 Å². The highest BCUT2D eigenvalue weighted by atomic mass is 79.9. The highest BCUT2D eigenvalue weighted by molar-refractivity contribution is 9.10. The van der Waals surface area contributed by atoms with E-state index in [4.69, 9.17) is 5.11 Å². The lowest BCUT2D eigenvalue weighted by atomic mass is 10.0. The van der Waals surface area contributed by atoms with Crippen LogP contribution in [0.3, 0.4) is 0 Å². The number of hydrogen-bond acceptors (Lipinski definition) is 3. The van der Waals surface area contributed by atoms with Gasteiger partial charge in [0.15, 0.2) is 0 Å². The van der Waals surface area contributed by atoms with Crippen molar-refractivity contribution in [3.05, 3.63) is 28.7 Å². The summed E-state index contributed by atoms with van der Waals surface area (Å²) >= 11 is 3.50. The number of aliphatic hydroxyl groups excluding tert-OH is 1. The van der Waals surface area contributed by atoms with Crippen molar-refractivity contribution in [1.29, 1.82) is 0 Å². The van der Waals surface area contributed by atoms with E-state index in [1.165, 1.54) is 0 Å². The number of piperazine rings is 1. The number of nitrogens with zero attached hydrogens (tertiary/aromatic N) is 2. The maximum absolute atomic E-state index is 12.6. The number of halogens is 1. The Balaban J connectivity index is 2.33. The lowest BCUT2D eigenvalue weighted by Gasteiger charge is -2.43. The van der Waals surface area contributed by atoms with Gasteiger partial charge in [0.1, 0.15) is 0 Å². The second-order valence-electron chi connectivity index (χ2n) is 4.98. The summed E-state index contributed by atoms with van der Waals surface area (Å²) in [5, 5.41) is 9.12. The van der Waals surface area contributed by atoms with Gasteiger partial charge in [-0.3, -0.25) is 9.69 Å². The third-order valence-electron chi connectivity index (χ3n) is 3.56. The van der Waals surface area contributed by atoms with E-state index in [2.05, 4.69) is 15.9 Å². The Morgan fingerprint density at radius 1 is 1.42 bits per heavy atom. The van der Waals surface area contributed by atoms with Crippen LogP contribution in [0.4, 0.5) is 5.69 Å². The van der Waals surface area contributed by atoms with E-state index in [1.54, 1.807) is 0 Å². The van der Waals surface area contributed by atoms with Crippen LogP contribution < -0.4 is 4.90 Å². The topological polar surface area (TPSA) is 43.8 Å². The van der Waals surface area contributed by atoms with Crippen LogP contribution in [0.2, 0.25) is 0 Å². The number of likely N-dealkylation sites (N-methyl/N-ethyl adjacent to an activating group) is 1. The molecular weight excluding hydrogens is 308 g/mol. The van der Waals surface area contributed by atoms with Crippen LogP contribution in [0.1, 0.15) is 13.3 Å². The molecule has 1 aliphatic heterocycles. The minimum Gasteiger partial charge on any atom is -0.396 e. The lowest BCUT2D eigenvalue weighted by molar-refractivity contribution is -0.126. The molecule has 4 nitrogen and oxygen atoms in total. The summed E-state index contributed by atoms with van der Waals surface area (Å²) in [5.74, 6) is 0.0576. The lowest BCUT2D eigenvalue weighted by Crippen LogP contribution is -2.60. The van der Waals surface area contributed by atoms with Crippen molar-refractivity contribution in [1.82, 2.24) is 4.90 Å². The van der Waals surface area contributed by atoms with Crippen LogP contribution in [0.5, 0.6) is 0 Å². The average molecular weight is 327 g/mol. The molecule has 2 rings (SSSR count). The third-order valence-corrected chi connectivity index (χ3v) is 4.23. The zero-order chi connectivity index (χ0) is 14.0. The van der Waals surface area contributed by atoms with Gasteiger partial charge >= 0.3 is 0 Å². The van der Waals surface area contributed by atoms with Crippen LogP contribution in [0, 0.1) is 0 Å². The number of rotatable bonds is 3. The molecule has 1 aliphatic rings. The molecule has 104 valence electrons. The van der Waals surface area contributed by atoms with Crippen molar-refractivity contribution in [2.75, 3.05) is 25.1 Å². The fourth-order valence-corrected chi connectivity index (χ4v) is 3.14. The SMILES string of the molecule is CC1CN(C)C(CCO)C(=O)N1c1ccccc1Br. The van der Waals surface area contributed by atoms with Gasteiger partial charge in [-0.15, -0.1) is 0 Å². The molecule has 5 heteroatoms. The Hall–Kier alpha value is -0.910. The van der Waals surface area contributed by atoms with Gasteiger partial charge in [-0.2, -0.15) is 0 Å². The van der Waals surface area contributed by atoms with Crippen LogP contribution in [-0.2, 0) is 4.79 Å². The van der Waals surface area contributed by atoms with Crippen LogP contribution in [0.15, 0.2) is 28.7 Å². The van der Waals surface area contributed by atoms with Gasteiger partial charge in [0.2, 0.25) is 5.91 Å². The van der Waals surface area contributed by atoms with Crippen molar-refractivity contribution in [2.24, 2.45) is 0 Å². The summed E-state index contributed by atoms with van der Waals surface area (Å²) in [5.41, 5.74) is 0.899. The monoisotopic (exact) mass is 326 g/mol. The Labute approximate surface area is 122 Å². The summed E-state index contributed by atoms with van der Waals surface area (Å²) in [6.07, 6.45) is 0.475. The highest BCUT2D eigenvalue weighted by Crippen LogP contribution is 2.31. The number of para-hydroxylation sites is 1. The molecule has 0 radical (unpaired) electrons. The normalized spacial score (nSPS) is 24.8. The molecule has 0 aliphatic carbocycles. The number of anilines is 1. The number of carbonyl (C=O) groups excluding carboxylic acids is 1. The molecule has 0 saturated carbocycles. The summed E-state index contributed by atoms with van der Waals surface area (Å²) in [4.78, 5) is 16.5. The Kier molecular flexibility index (Phi) is 4.60. The zero-order valence-electron chi connectivity index (χ0n) is 11.2. The summed E-state index contributed by atoms with van der Waals surface area (Å²) in [6, 6.07) is 7.62. The van der Waals surface area contributed by atoms with Gasteiger partial charge in [0, 0.05) is 23.7 Å². The first-order valence-corrected chi connectivity index (χ1v) is 7.24. The number of hydrogen-bond donors (Lipinski definition) is 1. The molecule has 1 aromatic carbocycles. The molecule has 2 unspecified atom stereocenters. The van der Waals surface area contributed by atoms with Crippen molar-refractivity contribution < 1.29 is 9.90 Å². The molecule has 0 spiro atoms. The number of amides is 1. The first-order chi connectivity index (χ1) is 9.06. The van der Waals surface area contributed by atoms with Crippen molar-refractivity contribution in [3.8, 4) is 0 Å². The maximum Gasteiger partial charge on any atom is 0.244 e. The van der Waals surface area contributed by atoms with Crippen molar-refractivity contribution in [2.45, 2.75) is 25.4 Å². The van der Waals surface area contributed by atoms with Gasteiger partial charge in [0.25, 0.3) is 0 Å². The van der Waals surface area contributed by atoms with E-state index in [0.717, 1.165) is 16.7 Å². The molecule has 1 aromatic rings. The highest BCUT2D eigenvalue weighted by Gasteiger charge is 2.37. The van der Waals surface area contributed by atoms with Crippen LogP contribution in [-0.4, -0.2) is 48.2 Å². The third kappa shape index (κ3) is 2.83.